The van der Waals surface area contributed by atoms with Gasteiger partial charge in [-0.15, -0.1) is 0 Å². The minimum absolute atomic E-state index is 0.0310. The van der Waals surface area contributed by atoms with E-state index in [1.165, 1.54) is 88.1 Å². The Hall–Kier alpha value is -7.16. The van der Waals surface area contributed by atoms with E-state index in [1.54, 1.807) is 32.9 Å². The lowest BCUT2D eigenvalue weighted by Gasteiger charge is -2.46. The second-order valence-electron chi connectivity index (χ2n) is 32.0. The lowest BCUT2D eigenvalue weighted by molar-refractivity contribution is -0.215. The normalized spacial score (nSPS) is 30.9. The van der Waals surface area contributed by atoms with Crippen molar-refractivity contribution in [1.82, 2.24) is 60.0 Å². The summed E-state index contributed by atoms with van der Waals surface area (Å²) < 4.78 is 102. The fraction of sp³-hybridized carbons (Fsp3) is 0.818. The summed E-state index contributed by atoms with van der Waals surface area (Å²) in [6.07, 6.45) is -5.42. The molecular formula is C77H122F6N12O15. The van der Waals surface area contributed by atoms with Crippen molar-refractivity contribution in [2.45, 2.75) is 260 Å². The molecule has 12 amide bonds. The smallest absolute Gasteiger partial charge is 0.385 e. The summed E-state index contributed by atoms with van der Waals surface area (Å²) in [7, 11) is 12.3. The van der Waals surface area contributed by atoms with Gasteiger partial charge in [-0.3, -0.25) is 57.5 Å². The zero-order valence-corrected chi connectivity index (χ0v) is 66.7. The van der Waals surface area contributed by atoms with Gasteiger partial charge in [-0.2, -0.15) is 26.3 Å². The minimum Gasteiger partial charge on any atom is -0.385 e. The quantitative estimate of drug-likeness (QED) is 0.114. The summed E-state index contributed by atoms with van der Waals surface area (Å²) in [5.74, 6) is -14.3. The maximum atomic E-state index is 15.7. The Labute approximate surface area is 644 Å². The van der Waals surface area contributed by atoms with Crippen LogP contribution in [-0.2, 0) is 71.7 Å². The van der Waals surface area contributed by atoms with Crippen molar-refractivity contribution < 1.29 is 98.1 Å². The lowest BCUT2D eigenvalue weighted by atomic mass is 9.74. The molecule has 1 spiro atoms. The number of methoxy groups -OCH3 is 2. The second kappa shape index (κ2) is 40.0. The van der Waals surface area contributed by atoms with Crippen molar-refractivity contribution in [3.8, 4) is 0 Å². The van der Waals surface area contributed by atoms with Crippen molar-refractivity contribution in [3.63, 3.8) is 0 Å². The van der Waals surface area contributed by atoms with Gasteiger partial charge in [0.1, 0.15) is 53.9 Å². The van der Waals surface area contributed by atoms with Crippen LogP contribution in [0.15, 0.2) is 12.2 Å². The molecule has 0 aromatic rings. The number of alkyl halides is 6. The van der Waals surface area contributed by atoms with Crippen LogP contribution in [0.5, 0.6) is 0 Å². The van der Waals surface area contributed by atoms with E-state index >= 15 is 33.6 Å². The Morgan fingerprint density at radius 3 is 1.90 bits per heavy atom. The molecule has 110 heavy (non-hydrogen) atoms. The number of nitrogens with one attached hydrogen (secondary N) is 3. The number of carbonyl (C=O) groups is 12. The van der Waals surface area contributed by atoms with E-state index < -0.39 is 204 Å². The summed E-state index contributed by atoms with van der Waals surface area (Å²) in [6.45, 7) is 5.61. The van der Waals surface area contributed by atoms with Gasteiger partial charge in [0.2, 0.25) is 70.9 Å². The molecule has 622 valence electrons. The molecule has 3 unspecified atom stereocenters. The maximum absolute atomic E-state index is 15.7. The van der Waals surface area contributed by atoms with Crippen molar-refractivity contribution in [3.05, 3.63) is 12.2 Å². The van der Waals surface area contributed by atoms with Crippen molar-refractivity contribution >= 4 is 70.9 Å². The molecule has 2 saturated heterocycles. The van der Waals surface area contributed by atoms with Crippen LogP contribution < -0.4 is 16.0 Å². The first kappa shape index (κ1) is 90.0. The van der Waals surface area contributed by atoms with Gasteiger partial charge in [0, 0.05) is 109 Å². The number of hydrogen-bond donors (Lipinski definition) is 3. The summed E-state index contributed by atoms with van der Waals surface area (Å²) in [5.41, 5.74) is -1.64. The average Bonchev–Trinajstić information content (AvgIpc) is 1.19. The monoisotopic (exact) mass is 1570 g/mol. The number of nitrogens with zero attached hydrogens (tertiary/aromatic N) is 9. The Balaban J connectivity index is 1.33. The van der Waals surface area contributed by atoms with Gasteiger partial charge in [0.05, 0.1) is 43.6 Å². The van der Waals surface area contributed by atoms with Gasteiger partial charge in [0.25, 0.3) is 0 Å². The zero-order chi connectivity index (χ0) is 81.4. The van der Waals surface area contributed by atoms with E-state index in [1.807, 2.05) is 6.92 Å². The van der Waals surface area contributed by atoms with Crippen LogP contribution >= 0.6 is 0 Å². The van der Waals surface area contributed by atoms with Crippen molar-refractivity contribution in [2.75, 3.05) is 109 Å². The Morgan fingerprint density at radius 1 is 0.655 bits per heavy atom. The van der Waals surface area contributed by atoms with Gasteiger partial charge in [-0.25, -0.2) is 0 Å². The molecule has 3 N–H and O–H groups in total. The SMILES string of the molecule is CCCN(C)C(=O)[C@@H]1CC(=O)N(C)[C@@H](CCOC)C(=O)N[C@@H]([C@@H](C)CC)C(=O)N(C)CC(=O)N(C)[C@H]2C/C=C\CCN(C2=O)[C@@H](CC2CCC(C(F)(F)F)CC2)C(=O)N(C)CC(=O)N[C@@H](CCC2CCC(C(F)(F)F)C(OC)C2)C(=O)N2C[C@H](OCC)C[C@H]2C(=O)NC2(CCC2)C(=O)N(C)[C@@H](C2CCCC2)C(=O)N1C. The minimum atomic E-state index is -4.57. The number of amides is 12. The molecule has 2 bridgehead atoms. The van der Waals surface area contributed by atoms with Gasteiger partial charge in [-0.05, 0) is 146 Å². The highest BCUT2D eigenvalue weighted by molar-refractivity contribution is 6.01. The summed E-state index contributed by atoms with van der Waals surface area (Å²) >= 11 is 0. The molecule has 33 heteroatoms. The van der Waals surface area contributed by atoms with Crippen LogP contribution in [0.4, 0.5) is 26.3 Å². The number of fused-ring (bicyclic) bond motifs is 3. The highest BCUT2D eigenvalue weighted by Crippen LogP contribution is 2.45. The highest BCUT2D eigenvalue weighted by atomic mass is 19.4. The topological polar surface area (TPSA) is 298 Å². The number of hydrogen-bond acceptors (Lipinski definition) is 15. The molecule has 7 aliphatic rings. The highest BCUT2D eigenvalue weighted by Gasteiger charge is 2.55. The molecular weight excluding hydrogens is 1450 g/mol. The number of ether oxygens (including phenoxy) is 3. The lowest BCUT2D eigenvalue weighted by Crippen LogP contribution is -2.68. The number of likely N-dealkylation sites (N-methyl/N-ethyl adjacent to an activating group) is 7. The molecule has 3 heterocycles. The van der Waals surface area contributed by atoms with Crippen LogP contribution in [0.25, 0.3) is 0 Å². The molecule has 4 saturated carbocycles. The van der Waals surface area contributed by atoms with E-state index in [0.717, 1.165) is 19.6 Å². The molecule has 0 aromatic carbocycles. The zero-order valence-electron chi connectivity index (χ0n) is 66.7. The van der Waals surface area contributed by atoms with E-state index in [-0.39, 0.29) is 136 Å². The van der Waals surface area contributed by atoms with Crippen LogP contribution in [0, 0.1) is 35.5 Å². The van der Waals surface area contributed by atoms with E-state index in [2.05, 4.69) is 16.0 Å². The summed E-state index contributed by atoms with van der Waals surface area (Å²) in [6, 6.07) is -11.1. The predicted molar refractivity (Wildman–Crippen MR) is 393 cm³/mol. The third-order valence-electron chi connectivity index (χ3n) is 24.7. The van der Waals surface area contributed by atoms with E-state index in [9.17, 15) is 50.3 Å². The van der Waals surface area contributed by atoms with E-state index in [4.69, 9.17) is 14.2 Å². The molecule has 4 aliphatic carbocycles. The number of carbonyl (C=O) groups excluding carboxylic acids is 12. The molecule has 0 aromatic heterocycles. The molecule has 27 nitrogen and oxygen atoms in total. The van der Waals surface area contributed by atoms with Crippen molar-refractivity contribution in [1.29, 1.82) is 0 Å². The fourth-order valence-corrected chi connectivity index (χ4v) is 17.5. The Bertz CT molecular complexity index is 3240. The third-order valence-corrected chi connectivity index (χ3v) is 24.7. The van der Waals surface area contributed by atoms with Crippen LogP contribution in [0.2, 0.25) is 0 Å². The first-order valence-electron chi connectivity index (χ1n) is 39.6. The first-order chi connectivity index (χ1) is 51.9. The van der Waals surface area contributed by atoms with Gasteiger partial charge in [-0.1, -0.05) is 52.2 Å². The largest absolute Gasteiger partial charge is 0.394 e. The van der Waals surface area contributed by atoms with Crippen LogP contribution in [0.3, 0.4) is 0 Å². The van der Waals surface area contributed by atoms with Crippen LogP contribution in [0.1, 0.15) is 182 Å². The first-order valence-corrected chi connectivity index (χ1v) is 39.6. The van der Waals surface area contributed by atoms with Gasteiger partial charge < -0.3 is 74.3 Å². The molecule has 3 aliphatic heterocycles. The van der Waals surface area contributed by atoms with Gasteiger partial charge >= 0.3 is 12.4 Å². The number of halogens is 6. The van der Waals surface area contributed by atoms with Gasteiger partial charge in [0.15, 0.2) is 0 Å². The predicted octanol–water partition coefficient (Wildman–Crippen LogP) is 5.85. The molecule has 7 rings (SSSR count). The molecule has 0 radical (unpaired) electrons. The van der Waals surface area contributed by atoms with Crippen LogP contribution in [-0.4, -0.2) is 303 Å². The fourth-order valence-electron chi connectivity index (χ4n) is 17.5. The van der Waals surface area contributed by atoms with Crippen molar-refractivity contribution in [2.24, 2.45) is 35.5 Å². The average molecular weight is 1570 g/mol. The maximum Gasteiger partial charge on any atom is 0.394 e. The standard InChI is InChI=1S/C77H122F6N12O15/c1-14-37-87(5)69(102)58-43-62(97)90(8)55(34-39-108-12)66(99)85-64(47(4)15-2)72(105)89(7)46-63(98)91(9)56-25-18-17-21-38-94(71(56)104)59(40-48-26-30-51(31-27-48)76(78,79)80)70(103)88(6)45-61(96)84-54(33-29-49-28-32-53(77(81,82)83)60(41-49)109-13)68(101)95-44-52(110-16-3)42-57(95)67(100)86-75(35-22-36-75)74(107)93(11)65(73(106)92(58)10)50-23-19-20-24-50/h17-18,47-60,64-65H,14-16,19-46H2,1-13H3,(H,84,96)(H,85,99)(H,86,100)/b18-17-/t47-,48?,49?,51?,52+,53?,54-,55-,56-,57-,58-,59-,60?,64-,65-/m0/s1. The summed E-state index contributed by atoms with van der Waals surface area (Å²) in [5, 5.41) is 8.63. The summed E-state index contributed by atoms with van der Waals surface area (Å²) in [4.78, 5) is 193. The van der Waals surface area contributed by atoms with E-state index in [0.29, 0.717) is 44.9 Å². The number of rotatable bonds is 17. The Kier molecular flexibility index (Phi) is 32.8. The molecule has 13 atom stereocenters. The third kappa shape index (κ3) is 22.2. The Morgan fingerprint density at radius 2 is 1.31 bits per heavy atom. The molecule has 6 fully saturated rings. The second-order valence-corrected chi connectivity index (χ2v) is 32.0.